The summed E-state index contributed by atoms with van der Waals surface area (Å²) in [7, 11) is 0. The summed E-state index contributed by atoms with van der Waals surface area (Å²) in [6, 6.07) is 6.08. The molecule has 4 heteroatoms. The summed E-state index contributed by atoms with van der Waals surface area (Å²) in [5.41, 5.74) is 1.69. The summed E-state index contributed by atoms with van der Waals surface area (Å²) >= 11 is 0. The van der Waals surface area contributed by atoms with Crippen LogP contribution in [-0.2, 0) is 4.74 Å². The van der Waals surface area contributed by atoms with Gasteiger partial charge in [0.15, 0.2) is 0 Å². The van der Waals surface area contributed by atoms with Gasteiger partial charge in [0.2, 0.25) is 0 Å². The number of ether oxygens (including phenoxy) is 1. The third-order valence-electron chi connectivity index (χ3n) is 3.50. The molecule has 2 heterocycles. The van der Waals surface area contributed by atoms with E-state index in [1.807, 2.05) is 12.1 Å². The summed E-state index contributed by atoms with van der Waals surface area (Å²) in [5.74, 6) is 1.19. The zero-order valence-corrected chi connectivity index (χ0v) is 11.9. The monoisotopic (exact) mass is 259 g/mol. The molecule has 4 nitrogen and oxygen atoms in total. The van der Waals surface area contributed by atoms with Gasteiger partial charge in [-0.25, -0.2) is 4.98 Å². The number of nitriles is 1. The number of pyridine rings is 1. The number of aromatic nitrogens is 1. The molecule has 0 aliphatic carbocycles. The molecular weight excluding hydrogens is 238 g/mol. The Balaban J connectivity index is 2.31. The first-order chi connectivity index (χ1) is 9.15. The van der Waals surface area contributed by atoms with Crippen molar-refractivity contribution in [3.8, 4) is 6.07 Å². The molecule has 0 N–H and O–H groups in total. The van der Waals surface area contributed by atoms with Gasteiger partial charge in [-0.3, -0.25) is 0 Å². The third kappa shape index (κ3) is 3.05. The molecule has 1 fully saturated rings. The van der Waals surface area contributed by atoms with Gasteiger partial charge in [0, 0.05) is 18.8 Å². The van der Waals surface area contributed by atoms with Gasteiger partial charge >= 0.3 is 0 Å². The maximum Gasteiger partial charge on any atom is 0.146 e. The van der Waals surface area contributed by atoms with Crippen molar-refractivity contribution in [3.63, 3.8) is 0 Å². The molecule has 0 radical (unpaired) electrons. The summed E-state index contributed by atoms with van der Waals surface area (Å²) in [5, 5.41) is 9.25. The van der Waals surface area contributed by atoms with E-state index in [1.54, 1.807) is 0 Å². The highest BCUT2D eigenvalue weighted by Gasteiger charge is 2.22. The summed E-state index contributed by atoms with van der Waals surface area (Å²) in [6.07, 6.45) is 1.23. The van der Waals surface area contributed by atoms with Gasteiger partial charge in [0.1, 0.15) is 11.9 Å². The van der Waals surface area contributed by atoms with Crippen molar-refractivity contribution in [1.82, 2.24) is 4.98 Å². The fourth-order valence-corrected chi connectivity index (χ4v) is 2.27. The predicted octanol–water partition coefficient (Wildman–Crippen LogP) is 2.69. The van der Waals surface area contributed by atoms with Crippen molar-refractivity contribution in [2.75, 3.05) is 24.6 Å². The van der Waals surface area contributed by atoms with E-state index >= 15 is 0 Å². The summed E-state index contributed by atoms with van der Waals surface area (Å²) in [4.78, 5) is 6.87. The van der Waals surface area contributed by atoms with E-state index in [0.29, 0.717) is 18.1 Å². The van der Waals surface area contributed by atoms with Gasteiger partial charge in [-0.15, -0.1) is 0 Å². The Hall–Kier alpha value is -1.60. The number of morpholine rings is 1. The van der Waals surface area contributed by atoms with Crippen LogP contribution >= 0.6 is 0 Å². The second-order valence-electron chi connectivity index (χ2n) is 5.22. The fraction of sp³-hybridized carbons (Fsp3) is 0.600. The molecule has 1 aromatic rings. The molecule has 1 unspecified atom stereocenters. The van der Waals surface area contributed by atoms with E-state index in [9.17, 15) is 5.26 Å². The minimum Gasteiger partial charge on any atom is -0.375 e. The largest absolute Gasteiger partial charge is 0.375 e. The van der Waals surface area contributed by atoms with Crippen LogP contribution in [0.4, 0.5) is 5.82 Å². The van der Waals surface area contributed by atoms with E-state index < -0.39 is 0 Å². The Morgan fingerprint density at radius 1 is 1.53 bits per heavy atom. The van der Waals surface area contributed by atoms with Crippen LogP contribution in [0, 0.1) is 11.3 Å². The van der Waals surface area contributed by atoms with Crippen molar-refractivity contribution in [1.29, 1.82) is 5.26 Å². The van der Waals surface area contributed by atoms with E-state index in [2.05, 4.69) is 36.7 Å². The highest BCUT2D eigenvalue weighted by atomic mass is 16.5. The average Bonchev–Trinajstić information content (AvgIpc) is 2.46. The molecule has 2 rings (SSSR count). The third-order valence-corrected chi connectivity index (χ3v) is 3.50. The van der Waals surface area contributed by atoms with Crippen LogP contribution in [-0.4, -0.2) is 30.8 Å². The number of anilines is 1. The van der Waals surface area contributed by atoms with E-state index in [4.69, 9.17) is 4.74 Å². The van der Waals surface area contributed by atoms with Crippen LogP contribution in [0.3, 0.4) is 0 Å². The second kappa shape index (κ2) is 6.03. The van der Waals surface area contributed by atoms with Crippen molar-refractivity contribution >= 4 is 5.82 Å². The topological polar surface area (TPSA) is 49.2 Å². The Bertz CT molecular complexity index is 479. The molecule has 0 spiro atoms. The van der Waals surface area contributed by atoms with Gasteiger partial charge in [0.25, 0.3) is 0 Å². The highest BCUT2D eigenvalue weighted by Crippen LogP contribution is 2.23. The van der Waals surface area contributed by atoms with Crippen LogP contribution in [0.25, 0.3) is 0 Å². The molecule has 1 aliphatic heterocycles. The smallest absolute Gasteiger partial charge is 0.146 e. The van der Waals surface area contributed by atoms with E-state index in [-0.39, 0.29) is 6.10 Å². The van der Waals surface area contributed by atoms with Crippen LogP contribution in [0.15, 0.2) is 12.1 Å². The van der Waals surface area contributed by atoms with Crippen molar-refractivity contribution in [2.45, 2.75) is 39.2 Å². The average molecular weight is 259 g/mol. The first kappa shape index (κ1) is 13.8. The SMILES string of the molecule is CCC1CN(c2nc(C(C)C)ccc2C#N)CCO1. The lowest BCUT2D eigenvalue weighted by atomic mass is 10.1. The van der Waals surface area contributed by atoms with E-state index in [1.165, 1.54) is 0 Å². The Morgan fingerprint density at radius 2 is 2.32 bits per heavy atom. The molecule has 0 bridgehead atoms. The van der Waals surface area contributed by atoms with Gasteiger partial charge < -0.3 is 9.64 Å². The van der Waals surface area contributed by atoms with Gasteiger partial charge in [-0.05, 0) is 24.5 Å². The van der Waals surface area contributed by atoms with Crippen molar-refractivity contribution in [2.24, 2.45) is 0 Å². The molecule has 19 heavy (non-hydrogen) atoms. The first-order valence-electron chi connectivity index (χ1n) is 6.93. The van der Waals surface area contributed by atoms with Crippen LogP contribution in [0.5, 0.6) is 0 Å². The molecular formula is C15H21N3O. The number of rotatable bonds is 3. The second-order valence-corrected chi connectivity index (χ2v) is 5.22. The zero-order valence-electron chi connectivity index (χ0n) is 11.9. The predicted molar refractivity (Wildman–Crippen MR) is 75.3 cm³/mol. The number of nitrogens with zero attached hydrogens (tertiary/aromatic N) is 3. The lowest BCUT2D eigenvalue weighted by Gasteiger charge is -2.34. The highest BCUT2D eigenvalue weighted by molar-refractivity contribution is 5.55. The lowest BCUT2D eigenvalue weighted by Crippen LogP contribution is -2.43. The Kier molecular flexibility index (Phi) is 4.39. The van der Waals surface area contributed by atoms with Crippen LogP contribution in [0.1, 0.15) is 44.4 Å². The molecule has 102 valence electrons. The number of hydrogen-bond donors (Lipinski definition) is 0. The number of hydrogen-bond acceptors (Lipinski definition) is 4. The molecule has 1 aromatic heterocycles. The molecule has 1 atom stereocenters. The normalized spacial score (nSPS) is 19.5. The van der Waals surface area contributed by atoms with Crippen LogP contribution < -0.4 is 4.90 Å². The van der Waals surface area contributed by atoms with Gasteiger partial charge in [-0.1, -0.05) is 20.8 Å². The molecule has 0 aromatic carbocycles. The minimum atomic E-state index is 0.241. The van der Waals surface area contributed by atoms with Crippen molar-refractivity contribution < 1.29 is 4.74 Å². The summed E-state index contributed by atoms with van der Waals surface area (Å²) in [6.45, 7) is 8.69. The molecule has 0 saturated carbocycles. The summed E-state index contributed by atoms with van der Waals surface area (Å²) < 4.78 is 5.68. The van der Waals surface area contributed by atoms with Crippen molar-refractivity contribution in [3.05, 3.63) is 23.4 Å². The van der Waals surface area contributed by atoms with Crippen LogP contribution in [0.2, 0.25) is 0 Å². The standard InChI is InChI=1S/C15H21N3O/c1-4-13-10-18(7-8-19-13)15-12(9-16)5-6-14(17-15)11(2)3/h5-6,11,13H,4,7-8,10H2,1-3H3. The first-order valence-corrected chi connectivity index (χ1v) is 6.93. The van der Waals surface area contributed by atoms with Gasteiger partial charge in [-0.2, -0.15) is 5.26 Å². The molecule has 0 amide bonds. The maximum atomic E-state index is 9.25. The minimum absolute atomic E-state index is 0.241. The Labute approximate surface area is 115 Å². The zero-order chi connectivity index (χ0) is 13.8. The fourth-order valence-electron chi connectivity index (χ4n) is 2.27. The Morgan fingerprint density at radius 3 is 2.95 bits per heavy atom. The molecule has 1 aliphatic rings. The molecule has 1 saturated heterocycles. The lowest BCUT2D eigenvalue weighted by molar-refractivity contribution is 0.0381. The van der Waals surface area contributed by atoms with E-state index in [0.717, 1.165) is 31.0 Å². The quantitative estimate of drug-likeness (QED) is 0.837. The van der Waals surface area contributed by atoms with Gasteiger partial charge in [0.05, 0.1) is 18.3 Å². The maximum absolute atomic E-state index is 9.25.